The minimum Gasteiger partial charge on any atom is -0.494 e. The first kappa shape index (κ1) is 96.5. The number of hydrogen-bond acceptors (Lipinski definition) is 21. The van der Waals surface area contributed by atoms with Crippen molar-refractivity contribution < 1.29 is 55.6 Å². The van der Waals surface area contributed by atoms with E-state index in [4.69, 9.17) is 99.1 Å². The summed E-state index contributed by atoms with van der Waals surface area (Å²) in [6.45, 7) is 17.0. The molecule has 132 heavy (non-hydrogen) atoms. The highest BCUT2D eigenvalue weighted by Gasteiger charge is 2.49. The van der Waals surface area contributed by atoms with E-state index in [9.17, 15) is 0 Å². The normalized spacial score (nSPS) is 15.4. The lowest BCUT2D eigenvalue weighted by Gasteiger charge is -2.33. The van der Waals surface area contributed by atoms with Gasteiger partial charge in [0, 0.05) is 37.3 Å². The van der Waals surface area contributed by atoms with Crippen LogP contribution >= 0.6 is 23.0 Å². The van der Waals surface area contributed by atoms with Gasteiger partial charge in [-0.3, -0.25) is 30.0 Å². The van der Waals surface area contributed by atoms with E-state index in [1.807, 2.05) is 291 Å². The maximum atomic E-state index is 7.52. The quantitative estimate of drug-likeness (QED) is 0.0197. The van der Waals surface area contributed by atoms with Crippen LogP contribution in [-0.4, -0.2) is 76.9 Å². The standard InChI is InChI=1S/C108H120N9O12P3/c1-7-13-19-73-118-97-61-37-91(38-62-97)109-79-85-25-49-103(50-26-85)124-130(125-104-51-27-86(28-52-104)80-110-92-39-63-98(64-40-92)119-74-20-14-8-2)115-131(126-105-53-29-87(30-54-105)81-111-93-41-65-99(66-42-93)120-75-21-15-9-3,127-106-55-31-88(32-56-106)82-112-94-43-67-100(68-44-94)121-76-22-16-10-4)117-132(116-130,128-107-57-33-89(34-58-107)83-113-95-45-69-101(70-46-95)122-77-23-17-11-5)129-108-59-35-90(36-60-108)84-114-96-47-71-102(72-48-96)123-78-24-18-12-6/h25-72,79-84H,7-24,73-78H2,1-6H3. The Morgan fingerprint density at radius 3 is 0.432 bits per heavy atom. The SMILES string of the molecule is CCCCCOc1ccc(N=Cc2ccc(OP3(Oc4ccc(C=Nc5ccc(OCCCCC)cc5)cc4)=NP(Oc4ccc(C=Nc5ccc(OCCCCC)cc5)cc4)(Oc4ccc(C=Nc5ccc(OCCCCC)cc5)cc4)=NP(Oc4ccc(C=Nc5ccc(OCCCCC)cc5)cc4)(Oc4ccc(C=Nc5ccc(OCCCCC)cc5)cc4)=N3)cc2)cc1. The van der Waals surface area contributed by atoms with Gasteiger partial charge in [-0.1, -0.05) is 132 Å². The molecular formula is C108H120N9O12P3. The van der Waals surface area contributed by atoms with Crippen molar-refractivity contribution in [3.8, 4) is 69.0 Å². The van der Waals surface area contributed by atoms with Crippen molar-refractivity contribution in [2.75, 3.05) is 39.6 Å². The van der Waals surface area contributed by atoms with Crippen molar-refractivity contribution in [2.24, 2.45) is 43.5 Å². The van der Waals surface area contributed by atoms with Crippen LogP contribution in [0.5, 0.6) is 69.0 Å². The van der Waals surface area contributed by atoms with E-state index in [1.165, 1.54) is 0 Å². The van der Waals surface area contributed by atoms with Crippen molar-refractivity contribution >= 4 is 94.4 Å². The molecule has 0 aliphatic carbocycles. The number of benzene rings is 12. The first-order valence-electron chi connectivity index (χ1n) is 46.2. The average Bonchev–Trinajstić information content (AvgIpc) is 0.727. The summed E-state index contributed by atoms with van der Waals surface area (Å²) >= 11 is 0. The molecule has 21 nitrogen and oxygen atoms in total. The molecule has 1 aliphatic rings. The van der Waals surface area contributed by atoms with Gasteiger partial charge in [-0.25, -0.2) is 0 Å². The van der Waals surface area contributed by atoms with Crippen LogP contribution in [0.2, 0.25) is 0 Å². The van der Waals surface area contributed by atoms with Crippen molar-refractivity contribution in [3.63, 3.8) is 0 Å². The Balaban J connectivity index is 0.958. The van der Waals surface area contributed by atoms with Gasteiger partial charge in [-0.05, 0) is 363 Å². The lowest BCUT2D eigenvalue weighted by molar-refractivity contribution is 0.306. The predicted molar refractivity (Wildman–Crippen MR) is 543 cm³/mol. The Bertz CT molecular complexity index is 4910. The number of rotatable bonds is 54. The molecule has 684 valence electrons. The topological polar surface area (TPSA) is 222 Å². The Morgan fingerprint density at radius 2 is 0.303 bits per heavy atom. The Kier molecular flexibility index (Phi) is 38.1. The highest BCUT2D eigenvalue weighted by Crippen LogP contribution is 2.79. The third-order valence-electron chi connectivity index (χ3n) is 20.6. The molecule has 12 aromatic carbocycles. The first-order valence-corrected chi connectivity index (χ1v) is 50.8. The minimum absolute atomic E-state index is 0.294. The number of unbranched alkanes of at least 4 members (excludes halogenated alkanes) is 12. The molecule has 0 atom stereocenters. The minimum atomic E-state index is -4.54. The molecule has 13 rings (SSSR count). The second-order valence-electron chi connectivity index (χ2n) is 31.5. The van der Waals surface area contributed by atoms with Crippen LogP contribution in [0.15, 0.2) is 335 Å². The molecule has 0 N–H and O–H groups in total. The fourth-order valence-corrected chi connectivity index (χ4v) is 22.3. The van der Waals surface area contributed by atoms with Gasteiger partial charge in [0.25, 0.3) is 0 Å². The summed E-state index contributed by atoms with van der Waals surface area (Å²) in [7, 11) is -13.6. The Labute approximate surface area is 779 Å². The maximum Gasteiger partial charge on any atom is 0.460 e. The van der Waals surface area contributed by atoms with Crippen molar-refractivity contribution in [1.82, 2.24) is 0 Å². The van der Waals surface area contributed by atoms with Crippen LogP contribution in [0.3, 0.4) is 0 Å². The summed E-state index contributed by atoms with van der Waals surface area (Å²) in [4.78, 5) is 29.2. The lowest BCUT2D eigenvalue weighted by atomic mass is 10.2. The zero-order chi connectivity index (χ0) is 91.4. The Hall–Kier alpha value is -13.1. The number of hydrogen-bond donors (Lipinski definition) is 0. The number of aliphatic imine (C=N–C) groups is 6. The molecule has 1 aliphatic heterocycles. The molecule has 0 spiro atoms. The highest BCUT2D eigenvalue weighted by molar-refractivity contribution is 7.79. The van der Waals surface area contributed by atoms with Gasteiger partial charge in [0.2, 0.25) is 0 Å². The van der Waals surface area contributed by atoms with Crippen LogP contribution < -0.4 is 55.6 Å². The molecule has 0 saturated heterocycles. The molecule has 1 heterocycles. The van der Waals surface area contributed by atoms with Crippen LogP contribution in [-0.2, 0) is 0 Å². The van der Waals surface area contributed by atoms with Gasteiger partial charge >= 0.3 is 23.0 Å². The van der Waals surface area contributed by atoms with E-state index in [1.54, 1.807) is 37.3 Å². The molecule has 0 fully saturated rings. The molecule has 0 radical (unpaired) electrons. The van der Waals surface area contributed by atoms with Crippen LogP contribution in [0, 0.1) is 0 Å². The van der Waals surface area contributed by atoms with Crippen molar-refractivity contribution in [3.05, 3.63) is 325 Å². The number of ether oxygens (including phenoxy) is 6. The molecule has 12 aromatic rings. The summed E-state index contributed by atoms with van der Waals surface area (Å²) in [6, 6.07) is 90.9. The van der Waals surface area contributed by atoms with Crippen molar-refractivity contribution in [2.45, 2.75) is 157 Å². The molecule has 0 amide bonds. The van der Waals surface area contributed by atoms with E-state index in [2.05, 4.69) is 41.5 Å². The molecule has 0 unspecified atom stereocenters. The molecule has 24 heteroatoms. The summed E-state index contributed by atoms with van der Waals surface area (Å²) in [5, 5.41) is 0. The van der Waals surface area contributed by atoms with Gasteiger partial charge in [-0.15, -0.1) is 0 Å². The van der Waals surface area contributed by atoms with E-state index in [-0.39, 0.29) is 0 Å². The molecule has 0 bridgehead atoms. The third kappa shape index (κ3) is 32.2. The maximum absolute atomic E-state index is 7.52. The van der Waals surface area contributed by atoms with Crippen molar-refractivity contribution in [1.29, 1.82) is 0 Å². The zero-order valence-electron chi connectivity index (χ0n) is 76.4. The summed E-state index contributed by atoms with van der Waals surface area (Å²) in [5.74, 6) is 6.49. The second-order valence-corrected chi connectivity index (χ2v) is 37.7. The van der Waals surface area contributed by atoms with Gasteiger partial charge < -0.3 is 55.6 Å². The third-order valence-corrected chi connectivity index (χ3v) is 28.7. The average molecular weight is 1830 g/mol. The van der Waals surface area contributed by atoms with Crippen LogP contribution in [0.1, 0.15) is 190 Å². The van der Waals surface area contributed by atoms with E-state index in [0.29, 0.717) is 74.1 Å². The van der Waals surface area contributed by atoms with E-state index < -0.39 is 23.0 Å². The summed E-state index contributed by atoms with van der Waals surface area (Å²) in [5.41, 5.74) is 9.05. The predicted octanol–water partition coefficient (Wildman–Crippen LogP) is 32.2. The monoisotopic (exact) mass is 1830 g/mol. The second kappa shape index (κ2) is 52.1. The van der Waals surface area contributed by atoms with Gasteiger partial charge in [0.1, 0.15) is 69.0 Å². The van der Waals surface area contributed by atoms with Crippen LogP contribution in [0.4, 0.5) is 34.1 Å². The smallest absolute Gasteiger partial charge is 0.460 e. The molecule has 0 aromatic heterocycles. The van der Waals surface area contributed by atoms with E-state index >= 15 is 0 Å². The summed E-state index contributed by atoms with van der Waals surface area (Å²) < 4.78 is 98.4. The lowest BCUT2D eigenvalue weighted by Crippen LogP contribution is -2.11. The highest BCUT2D eigenvalue weighted by atomic mass is 31.3. The first-order chi connectivity index (χ1) is 64.9. The Morgan fingerprint density at radius 1 is 0.174 bits per heavy atom. The van der Waals surface area contributed by atoms with E-state index in [0.717, 1.165) is 218 Å². The fraction of sp³-hybridized carbons (Fsp3) is 0.278. The number of nitrogens with zero attached hydrogens (tertiary/aromatic N) is 9. The van der Waals surface area contributed by atoms with Gasteiger partial charge in [-0.2, -0.15) is 0 Å². The summed E-state index contributed by atoms with van der Waals surface area (Å²) in [6.07, 6.45) is 30.0. The van der Waals surface area contributed by atoms with Gasteiger partial charge in [0.15, 0.2) is 0 Å². The molecular weight excluding hydrogens is 1710 g/mol. The zero-order valence-corrected chi connectivity index (χ0v) is 79.1. The fourth-order valence-electron chi connectivity index (χ4n) is 13.2. The van der Waals surface area contributed by atoms with Crippen LogP contribution in [0.25, 0.3) is 0 Å². The largest absolute Gasteiger partial charge is 0.494 e. The van der Waals surface area contributed by atoms with Gasteiger partial charge in [0.05, 0.1) is 73.8 Å². The molecule has 0 saturated carbocycles.